The van der Waals surface area contributed by atoms with E-state index in [1.54, 1.807) is 48.5 Å². The molecule has 0 saturated carbocycles. The Bertz CT molecular complexity index is 1640. The summed E-state index contributed by atoms with van der Waals surface area (Å²) in [6.45, 7) is 1.73. The zero-order valence-electron chi connectivity index (χ0n) is 21.1. The summed E-state index contributed by atoms with van der Waals surface area (Å²) in [5, 5.41) is 4.27. The minimum absolute atomic E-state index is 0.00616. The first-order valence-electron chi connectivity index (χ1n) is 11.9. The van der Waals surface area contributed by atoms with Crippen LogP contribution >= 0.6 is 11.6 Å². The van der Waals surface area contributed by atoms with E-state index in [2.05, 4.69) is 10.5 Å². The lowest BCUT2D eigenvalue weighted by molar-refractivity contribution is -0.137. The highest BCUT2D eigenvalue weighted by Gasteiger charge is 2.30. The fraction of sp³-hybridized carbons (Fsp3) is 0.103. The Labute approximate surface area is 234 Å². The number of hydrogen-bond donors (Lipinski definition) is 1. The van der Waals surface area contributed by atoms with Gasteiger partial charge in [0.2, 0.25) is 0 Å². The van der Waals surface area contributed by atoms with Crippen molar-refractivity contribution in [3.63, 3.8) is 0 Å². The van der Waals surface area contributed by atoms with Gasteiger partial charge in [0.15, 0.2) is 0 Å². The Hall–Kier alpha value is -4.15. The number of hydrogen-bond acceptors (Lipinski definition) is 4. The van der Waals surface area contributed by atoms with Gasteiger partial charge in [0, 0.05) is 5.02 Å². The van der Waals surface area contributed by atoms with Crippen molar-refractivity contribution in [3.05, 3.63) is 130 Å². The summed E-state index contributed by atoms with van der Waals surface area (Å²) in [4.78, 5) is 13.2. The van der Waals surface area contributed by atoms with Gasteiger partial charge in [-0.2, -0.15) is 18.3 Å². The van der Waals surface area contributed by atoms with Gasteiger partial charge >= 0.3 is 6.18 Å². The molecule has 11 heteroatoms. The normalized spacial score (nSPS) is 11.9. The number of benzene rings is 4. The molecular weight excluding hydrogens is 563 g/mol. The number of halogens is 4. The molecule has 0 radical (unpaired) electrons. The van der Waals surface area contributed by atoms with Gasteiger partial charge in [-0.25, -0.2) is 13.8 Å². The van der Waals surface area contributed by atoms with Crippen LogP contribution in [0.25, 0.3) is 0 Å². The third-order valence-electron chi connectivity index (χ3n) is 5.86. The van der Waals surface area contributed by atoms with Crippen LogP contribution in [0.5, 0.6) is 0 Å². The largest absolute Gasteiger partial charge is 0.416 e. The average molecular weight is 586 g/mol. The van der Waals surface area contributed by atoms with Gasteiger partial charge in [0.25, 0.3) is 15.9 Å². The minimum Gasteiger partial charge on any atom is -0.267 e. The number of carbonyl (C=O) groups is 1. The minimum atomic E-state index is -4.53. The molecule has 1 amide bonds. The van der Waals surface area contributed by atoms with E-state index in [0.29, 0.717) is 10.6 Å². The standard InChI is InChI=1S/C29H23ClF3N3O3S/c1-20-9-15-25(16-10-20)40(38,39)36(19-21-11-13-24(30)14-12-21)27-8-3-2-7-26(27)28(37)35-34-18-22-5-4-6-23(17-22)29(31,32)33/h2-18H,19H2,1H3,(H,35,37)/b34-18+. The number of aryl methyl sites for hydroxylation is 1. The van der Waals surface area contributed by atoms with E-state index in [9.17, 15) is 26.4 Å². The zero-order chi connectivity index (χ0) is 28.9. The summed E-state index contributed by atoms with van der Waals surface area (Å²) in [6.07, 6.45) is -3.45. The molecule has 4 aromatic carbocycles. The number of para-hydroxylation sites is 1. The molecule has 0 atom stereocenters. The third kappa shape index (κ3) is 6.88. The number of hydrazone groups is 1. The molecule has 0 unspecified atom stereocenters. The van der Waals surface area contributed by atoms with Crippen molar-refractivity contribution >= 4 is 39.4 Å². The van der Waals surface area contributed by atoms with Crippen LogP contribution in [0.3, 0.4) is 0 Å². The van der Waals surface area contributed by atoms with Crippen molar-refractivity contribution in [2.75, 3.05) is 4.31 Å². The third-order valence-corrected chi connectivity index (χ3v) is 7.89. The van der Waals surface area contributed by atoms with Gasteiger partial charge in [-0.05, 0) is 66.6 Å². The highest BCUT2D eigenvalue weighted by molar-refractivity contribution is 7.92. The van der Waals surface area contributed by atoms with E-state index in [-0.39, 0.29) is 28.3 Å². The van der Waals surface area contributed by atoms with Gasteiger partial charge in [-0.3, -0.25) is 9.10 Å². The van der Waals surface area contributed by atoms with Gasteiger partial charge < -0.3 is 0 Å². The molecule has 0 heterocycles. The molecule has 0 spiro atoms. The SMILES string of the molecule is Cc1ccc(S(=O)(=O)N(Cc2ccc(Cl)cc2)c2ccccc2C(=O)N/N=C/c2cccc(C(F)(F)F)c2)cc1. The summed E-state index contributed by atoms with van der Waals surface area (Å²) in [6, 6.07) is 23.5. The molecule has 0 aliphatic rings. The average Bonchev–Trinajstić information content (AvgIpc) is 2.92. The first kappa shape index (κ1) is 28.8. The monoisotopic (exact) mass is 585 g/mol. The smallest absolute Gasteiger partial charge is 0.267 e. The van der Waals surface area contributed by atoms with Crippen molar-refractivity contribution in [3.8, 4) is 0 Å². The Morgan fingerprint density at radius 3 is 2.30 bits per heavy atom. The van der Waals surface area contributed by atoms with Crippen LogP contribution in [0.2, 0.25) is 5.02 Å². The van der Waals surface area contributed by atoms with E-state index >= 15 is 0 Å². The van der Waals surface area contributed by atoms with Gasteiger partial charge in [0.1, 0.15) is 0 Å². The Morgan fingerprint density at radius 2 is 1.62 bits per heavy atom. The zero-order valence-corrected chi connectivity index (χ0v) is 22.6. The van der Waals surface area contributed by atoms with Crippen LogP contribution in [0, 0.1) is 6.92 Å². The molecule has 206 valence electrons. The molecule has 0 saturated heterocycles. The summed E-state index contributed by atoms with van der Waals surface area (Å²) in [5.41, 5.74) is 3.13. The lowest BCUT2D eigenvalue weighted by Crippen LogP contribution is -2.33. The van der Waals surface area contributed by atoms with Crippen LogP contribution in [0.4, 0.5) is 18.9 Å². The molecule has 40 heavy (non-hydrogen) atoms. The highest BCUT2D eigenvalue weighted by atomic mass is 35.5. The first-order chi connectivity index (χ1) is 18.9. The fourth-order valence-electron chi connectivity index (χ4n) is 3.80. The number of nitrogens with zero attached hydrogens (tertiary/aromatic N) is 2. The Morgan fingerprint density at radius 1 is 0.950 bits per heavy atom. The van der Waals surface area contributed by atoms with Gasteiger partial charge in [-0.1, -0.05) is 65.7 Å². The second-order valence-electron chi connectivity index (χ2n) is 8.79. The van der Waals surface area contributed by atoms with E-state index in [4.69, 9.17) is 11.6 Å². The van der Waals surface area contributed by atoms with E-state index in [1.165, 1.54) is 36.4 Å². The maximum Gasteiger partial charge on any atom is 0.416 e. The van der Waals surface area contributed by atoms with Crippen LogP contribution in [-0.4, -0.2) is 20.5 Å². The van der Waals surface area contributed by atoms with E-state index in [0.717, 1.165) is 28.2 Å². The van der Waals surface area contributed by atoms with Crippen molar-refractivity contribution in [2.24, 2.45) is 5.10 Å². The number of anilines is 1. The number of rotatable bonds is 8. The number of amides is 1. The molecular formula is C29H23ClF3N3O3S. The maximum absolute atomic E-state index is 13.8. The van der Waals surface area contributed by atoms with Crippen LogP contribution < -0.4 is 9.73 Å². The molecule has 4 rings (SSSR count). The summed E-state index contributed by atoms with van der Waals surface area (Å²) in [7, 11) is -4.14. The van der Waals surface area contributed by atoms with Crippen molar-refractivity contribution in [1.82, 2.24) is 5.43 Å². The number of sulfonamides is 1. The highest BCUT2D eigenvalue weighted by Crippen LogP contribution is 2.31. The predicted molar refractivity (Wildman–Crippen MR) is 149 cm³/mol. The molecule has 0 bridgehead atoms. The van der Waals surface area contributed by atoms with E-state index < -0.39 is 27.7 Å². The molecule has 4 aromatic rings. The van der Waals surface area contributed by atoms with Crippen LogP contribution in [0.1, 0.15) is 32.6 Å². The number of alkyl halides is 3. The predicted octanol–water partition coefficient (Wildman–Crippen LogP) is 6.83. The molecule has 0 aliphatic carbocycles. The van der Waals surface area contributed by atoms with Gasteiger partial charge in [-0.15, -0.1) is 0 Å². The van der Waals surface area contributed by atoms with Gasteiger partial charge in [0.05, 0.1) is 34.5 Å². The second-order valence-corrected chi connectivity index (χ2v) is 11.1. The van der Waals surface area contributed by atoms with E-state index in [1.807, 2.05) is 6.92 Å². The lowest BCUT2D eigenvalue weighted by Gasteiger charge is -2.26. The molecule has 0 aliphatic heterocycles. The quantitative estimate of drug-likeness (QED) is 0.182. The molecule has 1 N–H and O–H groups in total. The van der Waals surface area contributed by atoms with Crippen molar-refractivity contribution in [2.45, 2.75) is 24.5 Å². The van der Waals surface area contributed by atoms with Crippen LogP contribution in [0.15, 0.2) is 107 Å². The summed E-state index contributed by atoms with van der Waals surface area (Å²) >= 11 is 6.00. The van der Waals surface area contributed by atoms with Crippen molar-refractivity contribution in [1.29, 1.82) is 0 Å². The van der Waals surface area contributed by atoms with Crippen molar-refractivity contribution < 1.29 is 26.4 Å². The fourth-order valence-corrected chi connectivity index (χ4v) is 5.39. The molecule has 6 nitrogen and oxygen atoms in total. The Balaban J connectivity index is 1.68. The number of nitrogens with one attached hydrogen (secondary N) is 1. The topological polar surface area (TPSA) is 78.8 Å². The first-order valence-corrected chi connectivity index (χ1v) is 13.7. The lowest BCUT2D eigenvalue weighted by atomic mass is 10.1. The molecule has 0 fully saturated rings. The summed E-state index contributed by atoms with van der Waals surface area (Å²) in [5.74, 6) is -0.751. The number of carbonyl (C=O) groups excluding carboxylic acids is 1. The van der Waals surface area contributed by atoms with Crippen LogP contribution in [-0.2, 0) is 22.7 Å². The second kappa shape index (κ2) is 11.9. The molecule has 0 aromatic heterocycles. The summed E-state index contributed by atoms with van der Waals surface area (Å²) < 4.78 is 67.8. The Kier molecular flexibility index (Phi) is 8.61. The maximum atomic E-state index is 13.8.